The van der Waals surface area contributed by atoms with E-state index in [1.807, 2.05) is 84.9 Å². The van der Waals surface area contributed by atoms with Crippen LogP contribution in [0.2, 0.25) is 0 Å². The molecule has 1 aliphatic heterocycles. The van der Waals surface area contributed by atoms with E-state index >= 15 is 0 Å². The number of benzene rings is 4. The third-order valence-electron chi connectivity index (χ3n) is 6.63. The van der Waals surface area contributed by atoms with E-state index in [1.54, 1.807) is 0 Å². The van der Waals surface area contributed by atoms with Gasteiger partial charge in [-0.25, -0.2) is 8.42 Å². The maximum Gasteiger partial charge on any atom is 0.224 e. The van der Waals surface area contributed by atoms with Crippen molar-refractivity contribution in [2.75, 3.05) is 22.1 Å². The first-order valence-corrected chi connectivity index (χ1v) is 13.5. The number of nitrogens with one attached hydrogen (secondary N) is 2. The normalized spacial score (nSPS) is 19.0. The van der Waals surface area contributed by atoms with Gasteiger partial charge < -0.3 is 10.6 Å². The van der Waals surface area contributed by atoms with Gasteiger partial charge in [0, 0.05) is 35.0 Å². The molecule has 1 aliphatic rings. The largest absolute Gasteiger partial charge is 0.326 e. The Bertz CT molecular complexity index is 1410. The van der Waals surface area contributed by atoms with Gasteiger partial charge in [-0.1, -0.05) is 72.8 Å². The second-order valence-corrected chi connectivity index (χ2v) is 11.3. The van der Waals surface area contributed by atoms with Crippen molar-refractivity contribution in [3.8, 4) is 0 Å². The fraction of sp³-hybridized carbons (Fsp3) is 0.214. The Morgan fingerprint density at radius 2 is 1.03 bits per heavy atom. The minimum absolute atomic E-state index is 0.0503. The molecule has 0 aliphatic carbocycles. The molecule has 0 aromatic heterocycles. The van der Waals surface area contributed by atoms with E-state index in [-0.39, 0.29) is 36.2 Å². The molecule has 7 heteroatoms. The number of hydrogen-bond donors (Lipinski definition) is 2. The maximum atomic E-state index is 12.9. The van der Waals surface area contributed by atoms with Crippen molar-refractivity contribution >= 4 is 54.6 Å². The van der Waals surface area contributed by atoms with Gasteiger partial charge in [0.05, 0.1) is 11.5 Å². The van der Waals surface area contributed by atoms with Crippen LogP contribution in [0.25, 0.3) is 21.5 Å². The number of sulfone groups is 1. The van der Waals surface area contributed by atoms with Gasteiger partial charge in [-0.15, -0.1) is 0 Å². The molecule has 6 nitrogen and oxygen atoms in total. The Balaban J connectivity index is 1.28. The lowest BCUT2D eigenvalue weighted by Gasteiger charge is -2.18. The number of hydrogen-bond acceptors (Lipinski definition) is 4. The molecule has 4 aromatic carbocycles. The summed E-state index contributed by atoms with van der Waals surface area (Å²) in [6, 6.07) is 26.9. The Morgan fingerprint density at radius 3 is 1.49 bits per heavy atom. The van der Waals surface area contributed by atoms with Crippen LogP contribution in [0.4, 0.5) is 11.4 Å². The van der Waals surface area contributed by atoms with Crippen LogP contribution >= 0.6 is 0 Å². The highest BCUT2D eigenvalue weighted by molar-refractivity contribution is 7.91. The molecule has 1 saturated heterocycles. The molecule has 0 spiro atoms. The highest BCUT2D eigenvalue weighted by Crippen LogP contribution is 2.32. The zero-order valence-electron chi connectivity index (χ0n) is 19.1. The number of carbonyl (C=O) groups is 2. The lowest BCUT2D eigenvalue weighted by molar-refractivity contribution is -0.119. The summed E-state index contributed by atoms with van der Waals surface area (Å²) in [6.07, 6.45) is 0.101. The van der Waals surface area contributed by atoms with E-state index in [2.05, 4.69) is 10.6 Å². The number of carbonyl (C=O) groups excluding carboxylic acids is 2. The van der Waals surface area contributed by atoms with Crippen molar-refractivity contribution in [2.45, 2.75) is 12.8 Å². The molecule has 35 heavy (non-hydrogen) atoms. The maximum absolute atomic E-state index is 12.9. The third-order valence-corrected chi connectivity index (χ3v) is 8.50. The first kappa shape index (κ1) is 23.1. The monoisotopic (exact) mass is 486 g/mol. The van der Waals surface area contributed by atoms with Crippen LogP contribution in [0.15, 0.2) is 84.9 Å². The van der Waals surface area contributed by atoms with Crippen molar-refractivity contribution in [1.82, 2.24) is 0 Å². The summed E-state index contributed by atoms with van der Waals surface area (Å²) >= 11 is 0. The zero-order valence-corrected chi connectivity index (χ0v) is 19.9. The van der Waals surface area contributed by atoms with Crippen molar-refractivity contribution < 1.29 is 18.0 Å². The van der Waals surface area contributed by atoms with Crippen LogP contribution in [0.3, 0.4) is 0 Å². The molecule has 2 atom stereocenters. The highest BCUT2D eigenvalue weighted by Gasteiger charge is 2.39. The Hall–Kier alpha value is -3.71. The molecular weight excluding hydrogens is 460 g/mol. The minimum Gasteiger partial charge on any atom is -0.326 e. The molecule has 1 fully saturated rings. The number of fused-ring (bicyclic) bond motifs is 2. The van der Waals surface area contributed by atoms with Gasteiger partial charge in [0.25, 0.3) is 0 Å². The molecule has 2 amide bonds. The third kappa shape index (κ3) is 5.20. The van der Waals surface area contributed by atoms with E-state index in [0.717, 1.165) is 21.5 Å². The van der Waals surface area contributed by atoms with Crippen molar-refractivity contribution in [1.29, 1.82) is 0 Å². The summed E-state index contributed by atoms with van der Waals surface area (Å²) in [4.78, 5) is 25.8. The number of anilines is 2. The van der Waals surface area contributed by atoms with Gasteiger partial charge in [0.1, 0.15) is 0 Å². The predicted octanol–water partition coefficient (Wildman–Crippen LogP) is 5.01. The van der Waals surface area contributed by atoms with E-state index < -0.39 is 21.7 Å². The van der Waals surface area contributed by atoms with Gasteiger partial charge in [-0.2, -0.15) is 0 Å². The first-order valence-electron chi connectivity index (χ1n) is 11.6. The van der Waals surface area contributed by atoms with E-state index in [1.165, 1.54) is 0 Å². The lowest BCUT2D eigenvalue weighted by atomic mass is 9.89. The molecule has 1 heterocycles. The topological polar surface area (TPSA) is 92.3 Å². The molecule has 0 saturated carbocycles. The Morgan fingerprint density at radius 1 is 0.629 bits per heavy atom. The summed E-state index contributed by atoms with van der Waals surface area (Å²) in [6.45, 7) is 0. The molecule has 0 unspecified atom stereocenters. The van der Waals surface area contributed by atoms with Crippen LogP contribution in [0.5, 0.6) is 0 Å². The van der Waals surface area contributed by atoms with Gasteiger partial charge in [0.15, 0.2) is 9.84 Å². The predicted molar refractivity (Wildman–Crippen MR) is 140 cm³/mol. The average molecular weight is 487 g/mol. The van der Waals surface area contributed by atoms with Crippen LogP contribution in [0, 0.1) is 11.8 Å². The summed E-state index contributed by atoms with van der Waals surface area (Å²) in [7, 11) is -3.31. The van der Waals surface area contributed by atoms with Crippen molar-refractivity contribution in [3.05, 3.63) is 84.9 Å². The Labute approximate surface area is 204 Å². The Kier molecular flexibility index (Phi) is 6.26. The fourth-order valence-electron chi connectivity index (χ4n) is 4.99. The van der Waals surface area contributed by atoms with Gasteiger partial charge >= 0.3 is 0 Å². The van der Waals surface area contributed by atoms with Crippen LogP contribution < -0.4 is 10.6 Å². The van der Waals surface area contributed by atoms with E-state index in [9.17, 15) is 18.0 Å². The first-order chi connectivity index (χ1) is 16.9. The quantitative estimate of drug-likeness (QED) is 0.401. The molecule has 5 rings (SSSR count). The SMILES string of the molecule is O=C(C[C@H]1CS(=O)(=O)C[C@@H]1CC(=O)Nc1cccc2ccccc12)Nc1cccc2ccccc12. The van der Waals surface area contributed by atoms with Crippen molar-refractivity contribution in [3.63, 3.8) is 0 Å². The summed E-state index contributed by atoms with van der Waals surface area (Å²) in [5.74, 6) is -1.48. The van der Waals surface area contributed by atoms with Crippen LogP contribution in [-0.2, 0) is 19.4 Å². The zero-order chi connectivity index (χ0) is 24.4. The molecule has 0 radical (unpaired) electrons. The minimum atomic E-state index is -3.31. The smallest absolute Gasteiger partial charge is 0.224 e. The molecule has 2 N–H and O–H groups in total. The van der Waals surface area contributed by atoms with Crippen molar-refractivity contribution in [2.24, 2.45) is 11.8 Å². The summed E-state index contributed by atoms with van der Waals surface area (Å²) in [5, 5.41) is 9.75. The standard InChI is InChI=1S/C28H26N2O4S/c31-27(29-25-13-5-9-19-7-1-3-11-23(19)25)15-21-17-35(33,34)18-22(21)16-28(32)30-26-14-6-10-20-8-2-4-12-24(20)26/h1-14,21-22H,15-18H2,(H,29,31)(H,30,32)/t21-,22-/m0/s1. The molecular formula is C28H26N2O4S. The van der Waals surface area contributed by atoms with Gasteiger partial charge in [0.2, 0.25) is 11.8 Å². The van der Waals surface area contributed by atoms with Gasteiger partial charge in [-0.05, 0) is 34.7 Å². The second-order valence-electron chi connectivity index (χ2n) is 9.16. The fourth-order valence-corrected chi connectivity index (χ4v) is 7.21. The van der Waals surface area contributed by atoms with Gasteiger partial charge in [-0.3, -0.25) is 9.59 Å². The summed E-state index contributed by atoms with van der Waals surface area (Å²) < 4.78 is 24.8. The summed E-state index contributed by atoms with van der Waals surface area (Å²) in [5.41, 5.74) is 1.39. The van der Waals surface area contributed by atoms with Crippen LogP contribution in [0.1, 0.15) is 12.8 Å². The van der Waals surface area contributed by atoms with E-state index in [4.69, 9.17) is 0 Å². The van der Waals surface area contributed by atoms with Crippen LogP contribution in [-0.4, -0.2) is 31.7 Å². The number of amides is 2. The highest BCUT2D eigenvalue weighted by atomic mass is 32.2. The lowest BCUT2D eigenvalue weighted by Crippen LogP contribution is -2.25. The molecule has 4 aromatic rings. The number of rotatable bonds is 6. The molecule has 0 bridgehead atoms. The molecule has 178 valence electrons. The second kappa shape index (κ2) is 9.50. The van der Waals surface area contributed by atoms with E-state index in [0.29, 0.717) is 11.4 Å². The average Bonchev–Trinajstić information content (AvgIpc) is 3.11.